The normalized spacial score (nSPS) is 11.9. The molecule has 0 unspecified atom stereocenters. The van der Waals surface area contributed by atoms with Gasteiger partial charge in [-0.3, -0.25) is 4.90 Å². The fourth-order valence-electron chi connectivity index (χ4n) is 2.82. The van der Waals surface area contributed by atoms with Crippen LogP contribution in [0.3, 0.4) is 0 Å². The van der Waals surface area contributed by atoms with E-state index in [1.807, 2.05) is 18.2 Å². The van der Waals surface area contributed by atoms with Crippen LogP contribution in [-0.4, -0.2) is 34.7 Å². The maximum atomic E-state index is 12.7. The van der Waals surface area contributed by atoms with Gasteiger partial charge in [-0.2, -0.15) is 18.2 Å². The van der Waals surface area contributed by atoms with Crippen molar-refractivity contribution >= 4 is 0 Å². The zero-order valence-electron chi connectivity index (χ0n) is 15.2. The van der Waals surface area contributed by atoms with Gasteiger partial charge in [-0.05, 0) is 24.1 Å². The molecule has 0 aliphatic rings. The van der Waals surface area contributed by atoms with Gasteiger partial charge in [0.1, 0.15) is 0 Å². The molecule has 0 saturated carbocycles. The Morgan fingerprint density at radius 1 is 0.964 bits per heavy atom. The zero-order chi connectivity index (χ0) is 20.0. The molecule has 3 aromatic rings. The van der Waals surface area contributed by atoms with Crippen molar-refractivity contribution < 1.29 is 17.7 Å². The molecule has 28 heavy (non-hydrogen) atoms. The van der Waals surface area contributed by atoms with Crippen LogP contribution in [0.5, 0.6) is 0 Å². The van der Waals surface area contributed by atoms with E-state index in [9.17, 15) is 13.2 Å². The Bertz CT molecular complexity index is 863. The molecule has 0 aliphatic heterocycles. The van der Waals surface area contributed by atoms with Crippen LogP contribution in [0.2, 0.25) is 0 Å². The summed E-state index contributed by atoms with van der Waals surface area (Å²) >= 11 is 0. The first kappa shape index (κ1) is 20.0. The zero-order valence-corrected chi connectivity index (χ0v) is 15.2. The summed E-state index contributed by atoms with van der Waals surface area (Å²) in [4.78, 5) is 6.42. The molecule has 1 aromatic heterocycles. The average molecular weight is 390 g/mol. The third-order valence-corrected chi connectivity index (χ3v) is 4.30. The van der Waals surface area contributed by atoms with Crippen LogP contribution in [0.25, 0.3) is 11.4 Å². The van der Waals surface area contributed by atoms with Gasteiger partial charge in [0.05, 0.1) is 12.1 Å². The van der Waals surface area contributed by atoms with Crippen LogP contribution in [-0.2, 0) is 19.1 Å². The summed E-state index contributed by atoms with van der Waals surface area (Å²) in [6, 6.07) is 14.8. The summed E-state index contributed by atoms with van der Waals surface area (Å²) in [5.41, 5.74) is 6.68. The average Bonchev–Trinajstić information content (AvgIpc) is 3.15. The van der Waals surface area contributed by atoms with E-state index in [1.165, 1.54) is 17.7 Å². The van der Waals surface area contributed by atoms with E-state index < -0.39 is 11.7 Å². The number of nitrogens with two attached hydrogens (primary N) is 1. The smallest absolute Gasteiger partial charge is 0.338 e. The molecule has 0 fully saturated rings. The van der Waals surface area contributed by atoms with Crippen LogP contribution in [0.1, 0.15) is 17.0 Å². The minimum absolute atomic E-state index is 0.263. The van der Waals surface area contributed by atoms with E-state index >= 15 is 0 Å². The summed E-state index contributed by atoms with van der Waals surface area (Å²) < 4.78 is 43.3. The number of aromatic nitrogens is 2. The number of hydrogen-bond donors (Lipinski definition) is 1. The molecule has 0 spiro atoms. The lowest BCUT2D eigenvalue weighted by Crippen LogP contribution is -2.31. The van der Waals surface area contributed by atoms with Crippen molar-refractivity contribution in [3.8, 4) is 11.4 Å². The predicted molar refractivity (Wildman–Crippen MR) is 99.2 cm³/mol. The van der Waals surface area contributed by atoms with Crippen molar-refractivity contribution in [2.75, 3.05) is 19.6 Å². The van der Waals surface area contributed by atoms with E-state index in [1.54, 1.807) is 0 Å². The second-order valence-electron chi connectivity index (χ2n) is 6.39. The summed E-state index contributed by atoms with van der Waals surface area (Å²) in [5.74, 6) is 0.663. The van der Waals surface area contributed by atoms with Gasteiger partial charge < -0.3 is 10.3 Å². The summed E-state index contributed by atoms with van der Waals surface area (Å²) in [6.45, 7) is 2.37. The largest absolute Gasteiger partial charge is 0.416 e. The Morgan fingerprint density at radius 3 is 2.32 bits per heavy atom. The third kappa shape index (κ3) is 5.40. The van der Waals surface area contributed by atoms with E-state index in [2.05, 4.69) is 27.2 Å². The lowest BCUT2D eigenvalue weighted by atomic mass is 10.1. The lowest BCUT2D eigenvalue weighted by molar-refractivity contribution is -0.137. The van der Waals surface area contributed by atoms with E-state index in [-0.39, 0.29) is 5.82 Å². The minimum Gasteiger partial charge on any atom is -0.338 e. The Kier molecular flexibility index (Phi) is 6.43. The fraction of sp³-hybridized carbons (Fsp3) is 0.300. The van der Waals surface area contributed by atoms with Gasteiger partial charge in [-0.1, -0.05) is 47.6 Å². The number of halogens is 3. The molecule has 0 bridgehead atoms. The van der Waals surface area contributed by atoms with Crippen molar-refractivity contribution in [1.82, 2.24) is 15.0 Å². The lowest BCUT2D eigenvalue weighted by Gasteiger charge is -2.19. The molecule has 2 N–H and O–H groups in total. The van der Waals surface area contributed by atoms with Crippen LogP contribution in [0.15, 0.2) is 59.1 Å². The minimum atomic E-state index is -4.37. The van der Waals surface area contributed by atoms with Crippen molar-refractivity contribution in [2.45, 2.75) is 19.1 Å². The van der Waals surface area contributed by atoms with Gasteiger partial charge in [0.25, 0.3) is 0 Å². The number of nitrogens with zero attached hydrogens (tertiary/aromatic N) is 3. The van der Waals surface area contributed by atoms with E-state index in [4.69, 9.17) is 10.3 Å². The quantitative estimate of drug-likeness (QED) is 0.634. The molecule has 0 radical (unpaired) electrons. The van der Waals surface area contributed by atoms with E-state index in [0.717, 1.165) is 25.1 Å². The van der Waals surface area contributed by atoms with Crippen molar-refractivity contribution in [3.63, 3.8) is 0 Å². The monoisotopic (exact) mass is 390 g/mol. The maximum absolute atomic E-state index is 12.7. The summed E-state index contributed by atoms with van der Waals surface area (Å²) in [7, 11) is 0. The molecule has 1 heterocycles. The first-order valence-electron chi connectivity index (χ1n) is 8.92. The highest BCUT2D eigenvalue weighted by Gasteiger charge is 2.30. The number of benzene rings is 2. The molecule has 0 saturated heterocycles. The standard InChI is InChI=1S/C20H21F3N4O/c21-20(22,23)17-8-6-16(7-9-17)19-25-18(28-26-19)14-27(13-11-24)12-10-15-4-2-1-3-5-15/h1-9H,10-14,24H2. The highest BCUT2D eigenvalue weighted by atomic mass is 19.4. The van der Waals surface area contributed by atoms with Crippen LogP contribution >= 0.6 is 0 Å². The second kappa shape index (κ2) is 8.99. The van der Waals surface area contributed by atoms with Crippen LogP contribution < -0.4 is 5.73 Å². The van der Waals surface area contributed by atoms with Gasteiger partial charge in [-0.15, -0.1) is 0 Å². The SMILES string of the molecule is NCCN(CCc1ccccc1)Cc1nc(-c2ccc(C(F)(F)F)cc2)no1. The molecule has 148 valence electrons. The Labute approximate surface area is 161 Å². The van der Waals surface area contributed by atoms with Gasteiger partial charge in [-0.25, -0.2) is 0 Å². The first-order valence-corrected chi connectivity index (χ1v) is 8.92. The third-order valence-electron chi connectivity index (χ3n) is 4.30. The number of rotatable bonds is 8. The molecule has 5 nitrogen and oxygen atoms in total. The molecule has 0 aliphatic carbocycles. The summed E-state index contributed by atoms with van der Waals surface area (Å²) in [6.07, 6.45) is -3.51. The molecule has 3 rings (SSSR count). The first-order chi connectivity index (χ1) is 13.5. The Balaban J connectivity index is 1.64. The molecule has 2 aromatic carbocycles. The van der Waals surface area contributed by atoms with Gasteiger partial charge in [0.15, 0.2) is 0 Å². The van der Waals surface area contributed by atoms with Gasteiger partial charge in [0, 0.05) is 25.2 Å². The molecule has 0 amide bonds. The number of hydrogen-bond acceptors (Lipinski definition) is 5. The van der Waals surface area contributed by atoms with Gasteiger partial charge in [0.2, 0.25) is 11.7 Å². The second-order valence-corrected chi connectivity index (χ2v) is 6.39. The summed E-state index contributed by atoms with van der Waals surface area (Å²) in [5, 5.41) is 3.88. The molecular formula is C20H21F3N4O. The van der Waals surface area contributed by atoms with Crippen molar-refractivity contribution in [3.05, 3.63) is 71.6 Å². The Hall–Kier alpha value is -2.71. The maximum Gasteiger partial charge on any atom is 0.416 e. The van der Waals surface area contributed by atoms with Crippen LogP contribution in [0.4, 0.5) is 13.2 Å². The van der Waals surface area contributed by atoms with Crippen LogP contribution in [0, 0.1) is 0 Å². The topological polar surface area (TPSA) is 68.2 Å². The fourth-order valence-corrected chi connectivity index (χ4v) is 2.82. The number of alkyl halides is 3. The van der Waals surface area contributed by atoms with Crippen molar-refractivity contribution in [2.24, 2.45) is 5.73 Å². The van der Waals surface area contributed by atoms with Gasteiger partial charge >= 0.3 is 6.18 Å². The molecule has 8 heteroatoms. The molecule has 0 atom stereocenters. The highest BCUT2D eigenvalue weighted by Crippen LogP contribution is 2.30. The highest BCUT2D eigenvalue weighted by molar-refractivity contribution is 5.54. The van der Waals surface area contributed by atoms with E-state index in [0.29, 0.717) is 31.1 Å². The van der Waals surface area contributed by atoms with Crippen molar-refractivity contribution in [1.29, 1.82) is 0 Å². The molecular weight excluding hydrogens is 369 g/mol. The predicted octanol–water partition coefficient (Wildman–Crippen LogP) is 3.76. The Morgan fingerprint density at radius 2 is 1.68 bits per heavy atom.